The Balaban J connectivity index is 2.10. The Morgan fingerprint density at radius 3 is 2.52 bits per heavy atom. The molecule has 0 atom stereocenters. The van der Waals surface area contributed by atoms with Crippen LogP contribution in [0, 0.1) is 5.82 Å². The smallest absolute Gasteiger partial charge is 0.221 e. The summed E-state index contributed by atoms with van der Waals surface area (Å²) >= 11 is 2.63. The summed E-state index contributed by atoms with van der Waals surface area (Å²) in [7, 11) is 0. The zero-order valence-corrected chi connectivity index (χ0v) is 14.4. The van der Waals surface area contributed by atoms with E-state index in [0.29, 0.717) is 16.1 Å². The van der Waals surface area contributed by atoms with Crippen LogP contribution in [0.1, 0.15) is 17.3 Å². The van der Waals surface area contributed by atoms with Crippen molar-refractivity contribution in [3.05, 3.63) is 53.8 Å². The van der Waals surface area contributed by atoms with Crippen LogP contribution in [0.4, 0.5) is 10.1 Å². The molecule has 2 aromatic carbocycles. The van der Waals surface area contributed by atoms with Gasteiger partial charge in [-0.3, -0.25) is 9.59 Å². The standard InChI is InChI=1S/C17H16FNO2S2/c1-11(20)19-14-8-7-12(9-17(14)22-2)15(21)10-23-16-6-4-3-5-13(16)18/h3-9H,10H2,1-2H3,(H,19,20). The van der Waals surface area contributed by atoms with E-state index in [1.165, 1.54) is 36.5 Å². The third-order valence-electron chi connectivity index (χ3n) is 3.03. The van der Waals surface area contributed by atoms with Crippen LogP contribution in [-0.4, -0.2) is 23.7 Å². The lowest BCUT2D eigenvalue weighted by molar-refractivity contribution is -0.114. The number of ketones is 1. The van der Waals surface area contributed by atoms with Gasteiger partial charge in [0.1, 0.15) is 5.82 Å². The monoisotopic (exact) mass is 349 g/mol. The molecule has 0 radical (unpaired) electrons. The zero-order chi connectivity index (χ0) is 16.8. The normalized spacial score (nSPS) is 10.4. The van der Waals surface area contributed by atoms with Gasteiger partial charge < -0.3 is 5.32 Å². The molecule has 0 aliphatic rings. The largest absolute Gasteiger partial charge is 0.325 e. The van der Waals surface area contributed by atoms with Crippen molar-refractivity contribution >= 4 is 40.9 Å². The summed E-state index contributed by atoms with van der Waals surface area (Å²) in [5.41, 5.74) is 1.23. The summed E-state index contributed by atoms with van der Waals surface area (Å²) in [5, 5.41) is 2.73. The molecular weight excluding hydrogens is 333 g/mol. The fraction of sp³-hybridized carbons (Fsp3) is 0.176. The maximum absolute atomic E-state index is 13.6. The molecule has 6 heteroatoms. The molecule has 120 valence electrons. The van der Waals surface area contributed by atoms with Gasteiger partial charge in [-0.05, 0) is 36.6 Å². The fourth-order valence-electron chi connectivity index (χ4n) is 1.95. The topological polar surface area (TPSA) is 46.2 Å². The molecule has 0 heterocycles. The minimum absolute atomic E-state index is 0.0806. The molecule has 0 aliphatic heterocycles. The van der Waals surface area contributed by atoms with Crippen molar-refractivity contribution in [1.82, 2.24) is 0 Å². The highest BCUT2D eigenvalue weighted by Crippen LogP contribution is 2.28. The molecule has 2 aromatic rings. The van der Waals surface area contributed by atoms with Gasteiger partial charge in [-0.25, -0.2) is 4.39 Å². The highest BCUT2D eigenvalue weighted by molar-refractivity contribution is 8.00. The number of benzene rings is 2. The number of halogens is 1. The van der Waals surface area contributed by atoms with E-state index < -0.39 is 0 Å². The highest BCUT2D eigenvalue weighted by Gasteiger charge is 2.12. The van der Waals surface area contributed by atoms with Gasteiger partial charge in [-0.2, -0.15) is 0 Å². The van der Waals surface area contributed by atoms with Gasteiger partial charge in [-0.1, -0.05) is 12.1 Å². The average molecular weight is 349 g/mol. The van der Waals surface area contributed by atoms with E-state index in [1.54, 1.807) is 36.4 Å². The third kappa shape index (κ3) is 4.84. The van der Waals surface area contributed by atoms with Gasteiger partial charge in [0.2, 0.25) is 5.91 Å². The summed E-state index contributed by atoms with van der Waals surface area (Å²) in [6, 6.07) is 11.5. The molecule has 0 saturated carbocycles. The molecule has 0 unspecified atom stereocenters. The van der Waals surface area contributed by atoms with E-state index in [9.17, 15) is 14.0 Å². The second kappa shape index (κ2) is 8.17. The maximum Gasteiger partial charge on any atom is 0.221 e. The summed E-state index contributed by atoms with van der Waals surface area (Å²) in [6.45, 7) is 1.44. The van der Waals surface area contributed by atoms with Crippen molar-refractivity contribution in [2.24, 2.45) is 0 Å². The molecule has 0 aliphatic carbocycles. The first-order valence-corrected chi connectivity index (χ1v) is 9.08. The molecular formula is C17H16FNO2S2. The number of hydrogen-bond acceptors (Lipinski definition) is 4. The van der Waals surface area contributed by atoms with Crippen molar-refractivity contribution in [3.63, 3.8) is 0 Å². The molecule has 0 spiro atoms. The Morgan fingerprint density at radius 1 is 1.13 bits per heavy atom. The third-order valence-corrected chi connectivity index (χ3v) is 4.86. The number of hydrogen-bond donors (Lipinski definition) is 1. The van der Waals surface area contributed by atoms with Crippen LogP contribution >= 0.6 is 23.5 Å². The van der Waals surface area contributed by atoms with Crippen LogP contribution < -0.4 is 5.32 Å². The molecule has 1 N–H and O–H groups in total. The van der Waals surface area contributed by atoms with E-state index in [2.05, 4.69) is 5.32 Å². The lowest BCUT2D eigenvalue weighted by atomic mass is 10.1. The Bertz CT molecular complexity index is 734. The first kappa shape index (κ1) is 17.6. The molecule has 1 amide bonds. The van der Waals surface area contributed by atoms with E-state index in [0.717, 1.165) is 4.90 Å². The summed E-state index contributed by atoms with van der Waals surface area (Å²) < 4.78 is 13.6. The number of anilines is 1. The van der Waals surface area contributed by atoms with Gasteiger partial charge in [0.05, 0.1) is 11.4 Å². The minimum atomic E-state index is -0.323. The van der Waals surface area contributed by atoms with Gasteiger partial charge in [-0.15, -0.1) is 23.5 Å². The number of nitrogens with one attached hydrogen (secondary N) is 1. The Morgan fingerprint density at radius 2 is 1.87 bits per heavy atom. The van der Waals surface area contributed by atoms with Crippen molar-refractivity contribution in [2.75, 3.05) is 17.3 Å². The molecule has 23 heavy (non-hydrogen) atoms. The van der Waals surface area contributed by atoms with Crippen molar-refractivity contribution < 1.29 is 14.0 Å². The summed E-state index contributed by atoms with van der Waals surface area (Å²) in [4.78, 5) is 24.7. The predicted molar refractivity (Wildman–Crippen MR) is 94.0 cm³/mol. The van der Waals surface area contributed by atoms with Crippen LogP contribution in [-0.2, 0) is 4.79 Å². The SMILES string of the molecule is CSc1cc(C(=O)CSc2ccccc2F)ccc1NC(C)=O. The first-order valence-electron chi connectivity index (χ1n) is 6.87. The molecule has 2 rings (SSSR count). The molecule has 3 nitrogen and oxygen atoms in total. The predicted octanol–water partition coefficient (Wildman–Crippen LogP) is 4.48. The Hall–Kier alpha value is -1.79. The molecule has 0 fully saturated rings. The van der Waals surface area contributed by atoms with E-state index >= 15 is 0 Å². The van der Waals surface area contributed by atoms with E-state index in [1.807, 2.05) is 6.26 Å². The second-order valence-corrected chi connectivity index (χ2v) is 6.60. The summed E-state index contributed by atoms with van der Waals surface area (Å²) in [6.07, 6.45) is 1.88. The van der Waals surface area contributed by atoms with Crippen LogP contribution in [0.25, 0.3) is 0 Å². The number of Topliss-reactive ketones (excluding diaryl/α,β-unsaturated/α-hetero) is 1. The highest BCUT2D eigenvalue weighted by atomic mass is 32.2. The van der Waals surface area contributed by atoms with Crippen molar-refractivity contribution in [3.8, 4) is 0 Å². The van der Waals surface area contributed by atoms with Crippen LogP contribution in [0.2, 0.25) is 0 Å². The Kier molecular flexibility index (Phi) is 6.24. The van der Waals surface area contributed by atoms with E-state index in [4.69, 9.17) is 0 Å². The van der Waals surface area contributed by atoms with Crippen molar-refractivity contribution in [2.45, 2.75) is 16.7 Å². The quantitative estimate of drug-likeness (QED) is 0.617. The van der Waals surface area contributed by atoms with Gasteiger partial charge >= 0.3 is 0 Å². The number of thioether (sulfide) groups is 2. The van der Waals surface area contributed by atoms with Gasteiger partial charge in [0, 0.05) is 22.3 Å². The maximum atomic E-state index is 13.6. The molecule has 0 bridgehead atoms. The van der Waals surface area contributed by atoms with Gasteiger partial charge in [0.15, 0.2) is 5.78 Å². The van der Waals surface area contributed by atoms with E-state index in [-0.39, 0.29) is 23.3 Å². The average Bonchev–Trinajstić information content (AvgIpc) is 2.53. The Labute approximate surface area is 143 Å². The van der Waals surface area contributed by atoms with Crippen LogP contribution in [0.5, 0.6) is 0 Å². The van der Waals surface area contributed by atoms with Gasteiger partial charge in [0.25, 0.3) is 0 Å². The number of carbonyl (C=O) groups is 2. The first-order chi connectivity index (χ1) is 11.0. The number of carbonyl (C=O) groups excluding carboxylic acids is 2. The zero-order valence-electron chi connectivity index (χ0n) is 12.8. The lowest BCUT2D eigenvalue weighted by Gasteiger charge is -2.10. The molecule has 0 aromatic heterocycles. The summed E-state index contributed by atoms with van der Waals surface area (Å²) in [5.74, 6) is -0.401. The van der Waals surface area contributed by atoms with Crippen LogP contribution in [0.15, 0.2) is 52.3 Å². The second-order valence-electron chi connectivity index (χ2n) is 4.74. The van der Waals surface area contributed by atoms with Crippen LogP contribution in [0.3, 0.4) is 0 Å². The number of amides is 1. The fourth-order valence-corrected chi connectivity index (χ4v) is 3.36. The number of rotatable bonds is 6. The minimum Gasteiger partial charge on any atom is -0.325 e. The molecule has 0 saturated heterocycles. The lowest BCUT2D eigenvalue weighted by Crippen LogP contribution is -2.08. The van der Waals surface area contributed by atoms with Crippen molar-refractivity contribution in [1.29, 1.82) is 0 Å².